The predicted octanol–water partition coefficient (Wildman–Crippen LogP) is 3.51. The van der Waals surface area contributed by atoms with Crippen LogP contribution in [0.25, 0.3) is 0 Å². The minimum atomic E-state index is -0.677. The van der Waals surface area contributed by atoms with Crippen LogP contribution in [0.4, 0.5) is 8.78 Å². The topological polar surface area (TPSA) is 17.1 Å². The number of carbonyl (C=O) groups is 1. The Morgan fingerprint density at radius 1 is 1.25 bits per heavy atom. The Bertz CT molecular complexity index is 449. The summed E-state index contributed by atoms with van der Waals surface area (Å²) in [6.45, 7) is 3.95. The predicted molar refractivity (Wildman–Crippen MR) is 57.4 cm³/mol. The van der Waals surface area contributed by atoms with Gasteiger partial charge in [-0.2, -0.15) is 0 Å². The molecule has 0 radical (unpaired) electrons. The molecule has 16 heavy (non-hydrogen) atoms. The van der Waals surface area contributed by atoms with Crippen molar-refractivity contribution in [2.75, 3.05) is 0 Å². The Labute approximate surface area is 93.5 Å². The molecule has 2 rings (SSSR count). The highest BCUT2D eigenvalue weighted by molar-refractivity contribution is 5.98. The molecule has 3 heteroatoms. The van der Waals surface area contributed by atoms with Gasteiger partial charge in [0.2, 0.25) is 0 Å². The van der Waals surface area contributed by atoms with Crippen molar-refractivity contribution in [1.29, 1.82) is 0 Å². The van der Waals surface area contributed by atoms with Gasteiger partial charge in [0.15, 0.2) is 5.78 Å². The number of halogens is 2. The van der Waals surface area contributed by atoms with Gasteiger partial charge in [-0.15, -0.1) is 0 Å². The molecule has 1 aromatic rings. The van der Waals surface area contributed by atoms with Gasteiger partial charge in [-0.25, -0.2) is 8.78 Å². The van der Waals surface area contributed by atoms with Crippen molar-refractivity contribution in [3.05, 3.63) is 34.9 Å². The zero-order valence-corrected chi connectivity index (χ0v) is 9.44. The van der Waals surface area contributed by atoms with Crippen molar-refractivity contribution in [2.45, 2.75) is 33.1 Å². The van der Waals surface area contributed by atoms with Crippen molar-refractivity contribution in [3.8, 4) is 0 Å². The quantitative estimate of drug-likeness (QED) is 0.616. The van der Waals surface area contributed by atoms with Crippen LogP contribution >= 0.6 is 0 Å². The van der Waals surface area contributed by atoms with E-state index < -0.39 is 11.6 Å². The molecule has 0 aromatic heterocycles. The molecule has 0 saturated carbocycles. The normalized spacial score (nSPS) is 19.1. The van der Waals surface area contributed by atoms with Gasteiger partial charge in [0.05, 0.1) is 0 Å². The highest BCUT2D eigenvalue weighted by atomic mass is 19.1. The SMILES string of the molecule is CC1(C)CCc2c(F)cc(F)cc2C(=O)C1. The van der Waals surface area contributed by atoms with Crippen LogP contribution in [0, 0.1) is 17.0 Å². The lowest BCUT2D eigenvalue weighted by atomic mass is 9.84. The summed E-state index contributed by atoms with van der Waals surface area (Å²) >= 11 is 0. The molecule has 1 aliphatic carbocycles. The Morgan fingerprint density at radius 2 is 1.94 bits per heavy atom. The van der Waals surface area contributed by atoms with E-state index in [4.69, 9.17) is 0 Å². The highest BCUT2D eigenvalue weighted by Crippen LogP contribution is 2.34. The number of ketones is 1. The number of hydrogen-bond acceptors (Lipinski definition) is 1. The van der Waals surface area contributed by atoms with E-state index in [1.165, 1.54) is 0 Å². The van der Waals surface area contributed by atoms with Gasteiger partial charge in [0.25, 0.3) is 0 Å². The lowest BCUT2D eigenvalue weighted by Gasteiger charge is -2.20. The first-order valence-corrected chi connectivity index (χ1v) is 5.40. The summed E-state index contributed by atoms with van der Waals surface area (Å²) in [7, 11) is 0. The molecular weight excluding hydrogens is 210 g/mol. The van der Waals surface area contributed by atoms with Gasteiger partial charge in [-0.05, 0) is 29.9 Å². The standard InChI is InChI=1S/C13H14F2O/c1-13(2)4-3-9-10(12(16)7-13)5-8(14)6-11(9)15/h5-6H,3-4,7H2,1-2H3. The average molecular weight is 224 g/mol. The maximum absolute atomic E-state index is 13.5. The summed E-state index contributed by atoms with van der Waals surface area (Å²) in [5.41, 5.74) is 0.457. The Morgan fingerprint density at radius 3 is 2.62 bits per heavy atom. The van der Waals surface area contributed by atoms with Crippen LogP contribution in [-0.2, 0) is 6.42 Å². The molecule has 0 N–H and O–H groups in total. The summed E-state index contributed by atoms with van der Waals surface area (Å²) < 4.78 is 26.6. The maximum atomic E-state index is 13.5. The zero-order chi connectivity index (χ0) is 11.9. The van der Waals surface area contributed by atoms with Crippen LogP contribution in [0.5, 0.6) is 0 Å². The van der Waals surface area contributed by atoms with Gasteiger partial charge in [-0.3, -0.25) is 4.79 Å². The van der Waals surface area contributed by atoms with Crippen LogP contribution in [0.15, 0.2) is 12.1 Å². The molecule has 0 spiro atoms. The summed E-state index contributed by atoms with van der Waals surface area (Å²) in [6, 6.07) is 2.01. The van der Waals surface area contributed by atoms with E-state index in [0.717, 1.165) is 18.6 Å². The number of rotatable bonds is 0. The van der Waals surface area contributed by atoms with Crippen molar-refractivity contribution >= 4 is 5.78 Å². The summed E-state index contributed by atoms with van der Waals surface area (Å²) in [6.07, 6.45) is 1.59. The van der Waals surface area contributed by atoms with Crippen molar-refractivity contribution < 1.29 is 13.6 Å². The van der Waals surface area contributed by atoms with E-state index in [1.54, 1.807) is 0 Å². The molecule has 0 aliphatic heterocycles. The first kappa shape index (κ1) is 11.2. The number of hydrogen-bond donors (Lipinski definition) is 0. The molecule has 0 unspecified atom stereocenters. The van der Waals surface area contributed by atoms with Crippen LogP contribution < -0.4 is 0 Å². The molecule has 0 amide bonds. The van der Waals surface area contributed by atoms with Crippen molar-refractivity contribution in [3.63, 3.8) is 0 Å². The second-order valence-electron chi connectivity index (χ2n) is 5.18. The number of fused-ring (bicyclic) bond motifs is 1. The third kappa shape index (κ3) is 1.99. The number of benzene rings is 1. The van der Waals surface area contributed by atoms with Crippen LogP contribution in [0.1, 0.15) is 42.6 Å². The van der Waals surface area contributed by atoms with E-state index in [0.29, 0.717) is 18.4 Å². The molecule has 0 bridgehead atoms. The van der Waals surface area contributed by atoms with Gasteiger partial charge in [0, 0.05) is 18.1 Å². The van der Waals surface area contributed by atoms with Crippen LogP contribution in [0.2, 0.25) is 0 Å². The minimum absolute atomic E-state index is 0.140. The fourth-order valence-corrected chi connectivity index (χ4v) is 2.19. The van der Waals surface area contributed by atoms with E-state index in [9.17, 15) is 13.6 Å². The third-order valence-electron chi connectivity index (χ3n) is 3.15. The monoisotopic (exact) mass is 224 g/mol. The molecule has 0 heterocycles. The molecule has 0 saturated heterocycles. The lowest BCUT2D eigenvalue weighted by Crippen LogP contribution is -2.14. The first-order valence-electron chi connectivity index (χ1n) is 5.40. The Hall–Kier alpha value is -1.25. The fraction of sp³-hybridized carbons (Fsp3) is 0.462. The van der Waals surface area contributed by atoms with Crippen molar-refractivity contribution in [2.24, 2.45) is 5.41 Å². The van der Waals surface area contributed by atoms with E-state index >= 15 is 0 Å². The first-order chi connectivity index (χ1) is 7.39. The molecule has 86 valence electrons. The number of Topliss-reactive ketones (excluding diaryl/α,β-unsaturated/α-hetero) is 1. The van der Waals surface area contributed by atoms with Gasteiger partial charge in [0.1, 0.15) is 11.6 Å². The Balaban J connectivity index is 2.53. The van der Waals surface area contributed by atoms with Crippen LogP contribution in [0.3, 0.4) is 0 Å². The lowest BCUT2D eigenvalue weighted by molar-refractivity contribution is 0.0933. The second-order valence-corrected chi connectivity index (χ2v) is 5.18. The smallest absolute Gasteiger partial charge is 0.163 e. The average Bonchev–Trinajstić information content (AvgIpc) is 2.23. The van der Waals surface area contributed by atoms with E-state index in [1.807, 2.05) is 13.8 Å². The Kier molecular flexibility index (Phi) is 2.56. The summed E-state index contributed by atoms with van der Waals surface area (Å²) in [4.78, 5) is 11.9. The summed E-state index contributed by atoms with van der Waals surface area (Å²) in [5.74, 6) is -1.43. The zero-order valence-electron chi connectivity index (χ0n) is 9.44. The molecule has 1 nitrogen and oxygen atoms in total. The second kappa shape index (κ2) is 3.65. The minimum Gasteiger partial charge on any atom is -0.294 e. The number of carbonyl (C=O) groups excluding carboxylic acids is 1. The fourth-order valence-electron chi connectivity index (χ4n) is 2.19. The molecule has 1 aliphatic rings. The van der Waals surface area contributed by atoms with Crippen LogP contribution in [-0.4, -0.2) is 5.78 Å². The largest absolute Gasteiger partial charge is 0.294 e. The van der Waals surface area contributed by atoms with Gasteiger partial charge in [-0.1, -0.05) is 13.8 Å². The molecule has 1 aromatic carbocycles. The van der Waals surface area contributed by atoms with Gasteiger partial charge >= 0.3 is 0 Å². The molecule has 0 atom stereocenters. The maximum Gasteiger partial charge on any atom is 0.163 e. The molecular formula is C13H14F2O. The summed E-state index contributed by atoms with van der Waals surface area (Å²) in [5, 5.41) is 0. The van der Waals surface area contributed by atoms with Gasteiger partial charge < -0.3 is 0 Å². The molecule has 0 fully saturated rings. The van der Waals surface area contributed by atoms with E-state index in [-0.39, 0.29) is 16.8 Å². The highest BCUT2D eigenvalue weighted by Gasteiger charge is 2.29. The van der Waals surface area contributed by atoms with Crippen molar-refractivity contribution in [1.82, 2.24) is 0 Å². The third-order valence-corrected chi connectivity index (χ3v) is 3.15. The van der Waals surface area contributed by atoms with E-state index in [2.05, 4.69) is 0 Å².